The highest BCUT2D eigenvalue weighted by molar-refractivity contribution is 5.43. The Hall–Kier alpha value is -2.68. The number of anilines is 2. The summed E-state index contributed by atoms with van der Waals surface area (Å²) < 4.78 is 12.2. The van der Waals surface area contributed by atoms with Gasteiger partial charge in [-0.15, -0.1) is 0 Å². The number of rotatable bonds is 6. The highest BCUT2D eigenvalue weighted by atomic mass is 16.5. The van der Waals surface area contributed by atoms with Gasteiger partial charge in [0.15, 0.2) is 0 Å². The molecule has 0 aliphatic carbocycles. The van der Waals surface area contributed by atoms with Crippen molar-refractivity contribution in [2.24, 2.45) is 7.05 Å². The highest BCUT2D eigenvalue weighted by Crippen LogP contribution is 2.17. The maximum Gasteiger partial charge on any atom is 0.268 e. The number of hydrogen-bond acceptors (Lipinski definition) is 8. The van der Waals surface area contributed by atoms with E-state index in [0.717, 1.165) is 31.0 Å². The van der Waals surface area contributed by atoms with Crippen LogP contribution in [0.4, 0.5) is 11.5 Å². The Kier molecular flexibility index (Phi) is 5.44. The van der Waals surface area contributed by atoms with Gasteiger partial charge in [0, 0.05) is 38.8 Å². The lowest BCUT2D eigenvalue weighted by Crippen LogP contribution is -2.43. The average molecular weight is 346 g/mol. The van der Waals surface area contributed by atoms with Crippen molar-refractivity contribution in [2.75, 3.05) is 43.6 Å². The topological polar surface area (TPSA) is 94.4 Å². The Morgan fingerprint density at radius 1 is 1.40 bits per heavy atom. The zero-order chi connectivity index (χ0) is 17.6. The lowest BCUT2D eigenvalue weighted by molar-refractivity contribution is 0.0374. The van der Waals surface area contributed by atoms with Crippen LogP contribution in [-0.2, 0) is 11.8 Å². The molecule has 0 bridgehead atoms. The van der Waals surface area contributed by atoms with Crippen LogP contribution in [0.3, 0.4) is 0 Å². The minimum Gasteiger partial charge on any atom is -0.481 e. The van der Waals surface area contributed by atoms with Crippen molar-refractivity contribution >= 4 is 11.5 Å². The van der Waals surface area contributed by atoms with Crippen LogP contribution < -0.4 is 20.5 Å². The van der Waals surface area contributed by atoms with Gasteiger partial charge in [-0.3, -0.25) is 4.79 Å². The average Bonchev–Trinajstić information content (AvgIpc) is 2.64. The van der Waals surface area contributed by atoms with Crippen LogP contribution in [0.15, 0.2) is 29.5 Å². The van der Waals surface area contributed by atoms with Gasteiger partial charge in [0.25, 0.3) is 5.56 Å². The Morgan fingerprint density at radius 3 is 3.08 bits per heavy atom. The van der Waals surface area contributed by atoms with Crippen LogP contribution in [0, 0.1) is 0 Å². The van der Waals surface area contributed by atoms with Gasteiger partial charge in [-0.25, -0.2) is 14.6 Å². The summed E-state index contributed by atoms with van der Waals surface area (Å²) >= 11 is 0. The van der Waals surface area contributed by atoms with Gasteiger partial charge < -0.3 is 19.7 Å². The quantitative estimate of drug-likeness (QED) is 0.797. The van der Waals surface area contributed by atoms with Crippen LogP contribution in [-0.4, -0.2) is 59.2 Å². The monoisotopic (exact) mass is 346 g/mol. The van der Waals surface area contributed by atoms with Gasteiger partial charge in [0.1, 0.15) is 12.1 Å². The first-order chi connectivity index (χ1) is 12.2. The zero-order valence-electron chi connectivity index (χ0n) is 14.4. The predicted octanol–water partition coefficient (Wildman–Crippen LogP) is 0.286. The fraction of sp³-hybridized carbons (Fsp3) is 0.500. The summed E-state index contributed by atoms with van der Waals surface area (Å²) in [5.41, 5.74) is 0.727. The third kappa shape index (κ3) is 4.44. The minimum atomic E-state index is -0.111. The van der Waals surface area contributed by atoms with Crippen LogP contribution in [0.25, 0.3) is 0 Å². The number of ether oxygens (including phenoxy) is 2. The number of aromatic nitrogens is 4. The minimum absolute atomic E-state index is 0.0778. The first kappa shape index (κ1) is 17.2. The van der Waals surface area contributed by atoms with Gasteiger partial charge in [0.05, 0.1) is 31.7 Å². The van der Waals surface area contributed by atoms with E-state index in [1.54, 1.807) is 32.5 Å². The largest absolute Gasteiger partial charge is 0.481 e. The van der Waals surface area contributed by atoms with E-state index in [2.05, 4.69) is 25.3 Å². The molecule has 134 valence electrons. The zero-order valence-corrected chi connectivity index (χ0v) is 14.4. The maximum absolute atomic E-state index is 11.8. The van der Waals surface area contributed by atoms with Gasteiger partial charge in [-0.2, -0.15) is 5.10 Å². The van der Waals surface area contributed by atoms with Crippen molar-refractivity contribution in [3.8, 4) is 5.88 Å². The molecule has 1 aliphatic rings. The fourth-order valence-electron chi connectivity index (χ4n) is 2.67. The molecule has 1 aliphatic heterocycles. The number of morpholine rings is 1. The van der Waals surface area contributed by atoms with E-state index < -0.39 is 0 Å². The molecule has 1 N–H and O–H groups in total. The summed E-state index contributed by atoms with van der Waals surface area (Å²) in [6, 6.07) is 3.36. The van der Waals surface area contributed by atoms with E-state index in [1.807, 2.05) is 0 Å². The standard InChI is InChI=1S/C16H22N6O3/c1-21-16(23)7-12(9-20-21)22-5-6-25-13(10-22)3-4-17-14-8-15(24-2)19-11-18-14/h7-9,11,13H,3-6,10H2,1-2H3,(H,17,18,19). The van der Waals surface area contributed by atoms with Crippen LogP contribution in [0.1, 0.15) is 6.42 Å². The third-order valence-corrected chi connectivity index (χ3v) is 4.08. The van der Waals surface area contributed by atoms with Crippen molar-refractivity contribution in [1.82, 2.24) is 19.7 Å². The molecule has 0 amide bonds. The molecule has 1 saturated heterocycles. The SMILES string of the molecule is COc1cc(NCCC2CN(c3cnn(C)c(=O)c3)CCO2)ncn1. The molecule has 1 atom stereocenters. The molecule has 25 heavy (non-hydrogen) atoms. The van der Waals surface area contributed by atoms with E-state index in [1.165, 1.54) is 11.0 Å². The van der Waals surface area contributed by atoms with Crippen molar-refractivity contribution in [2.45, 2.75) is 12.5 Å². The number of hydrogen-bond donors (Lipinski definition) is 1. The summed E-state index contributed by atoms with van der Waals surface area (Å²) in [5.74, 6) is 1.24. The third-order valence-electron chi connectivity index (χ3n) is 4.08. The van der Waals surface area contributed by atoms with Gasteiger partial charge in [0.2, 0.25) is 5.88 Å². The van der Waals surface area contributed by atoms with E-state index in [4.69, 9.17) is 9.47 Å². The summed E-state index contributed by atoms with van der Waals surface area (Å²) in [5, 5.41) is 7.32. The molecule has 2 aromatic heterocycles. The van der Waals surface area contributed by atoms with Crippen molar-refractivity contribution < 1.29 is 9.47 Å². The van der Waals surface area contributed by atoms with E-state index in [9.17, 15) is 4.79 Å². The molecule has 9 heteroatoms. The molecule has 1 unspecified atom stereocenters. The summed E-state index contributed by atoms with van der Waals surface area (Å²) in [6.07, 6.45) is 4.08. The second-order valence-electron chi connectivity index (χ2n) is 5.78. The van der Waals surface area contributed by atoms with E-state index in [0.29, 0.717) is 19.0 Å². The molecule has 3 heterocycles. The summed E-state index contributed by atoms with van der Waals surface area (Å²) in [6.45, 7) is 2.82. The molecule has 0 aromatic carbocycles. The molecular formula is C16H22N6O3. The molecule has 0 radical (unpaired) electrons. The second kappa shape index (κ2) is 7.93. The number of aryl methyl sites for hydroxylation is 1. The van der Waals surface area contributed by atoms with Crippen molar-refractivity contribution in [3.05, 3.63) is 35.0 Å². The van der Waals surface area contributed by atoms with E-state index >= 15 is 0 Å². The summed E-state index contributed by atoms with van der Waals surface area (Å²) in [7, 11) is 3.21. The smallest absolute Gasteiger partial charge is 0.268 e. The van der Waals surface area contributed by atoms with Crippen molar-refractivity contribution in [3.63, 3.8) is 0 Å². The normalized spacial score (nSPS) is 17.4. The number of nitrogens with one attached hydrogen (secondary N) is 1. The molecule has 9 nitrogen and oxygen atoms in total. The molecule has 0 spiro atoms. The summed E-state index contributed by atoms with van der Waals surface area (Å²) in [4.78, 5) is 22.0. The van der Waals surface area contributed by atoms with Gasteiger partial charge >= 0.3 is 0 Å². The van der Waals surface area contributed by atoms with Gasteiger partial charge in [-0.1, -0.05) is 0 Å². The Balaban J connectivity index is 1.53. The first-order valence-electron chi connectivity index (χ1n) is 8.15. The lowest BCUT2D eigenvalue weighted by atomic mass is 10.2. The number of nitrogens with zero attached hydrogens (tertiary/aromatic N) is 5. The van der Waals surface area contributed by atoms with E-state index in [-0.39, 0.29) is 11.7 Å². The Bertz CT molecular complexity index is 766. The van der Waals surface area contributed by atoms with Crippen LogP contribution >= 0.6 is 0 Å². The Morgan fingerprint density at radius 2 is 2.28 bits per heavy atom. The number of methoxy groups -OCH3 is 1. The fourth-order valence-corrected chi connectivity index (χ4v) is 2.67. The van der Waals surface area contributed by atoms with Crippen molar-refractivity contribution in [1.29, 1.82) is 0 Å². The maximum atomic E-state index is 11.8. The second-order valence-corrected chi connectivity index (χ2v) is 5.78. The first-order valence-corrected chi connectivity index (χ1v) is 8.15. The molecule has 0 saturated carbocycles. The predicted molar refractivity (Wildman–Crippen MR) is 93.1 cm³/mol. The molecule has 1 fully saturated rings. The molecular weight excluding hydrogens is 324 g/mol. The lowest BCUT2D eigenvalue weighted by Gasteiger charge is -2.34. The highest BCUT2D eigenvalue weighted by Gasteiger charge is 2.21. The molecule has 3 rings (SSSR count). The van der Waals surface area contributed by atoms with Crippen LogP contribution in [0.5, 0.6) is 5.88 Å². The van der Waals surface area contributed by atoms with Gasteiger partial charge in [-0.05, 0) is 6.42 Å². The Labute approximate surface area is 145 Å². The molecule has 2 aromatic rings. The van der Waals surface area contributed by atoms with Crippen LogP contribution in [0.2, 0.25) is 0 Å².